The molecule has 0 aromatic rings. The topological polar surface area (TPSA) is 12.5 Å². The summed E-state index contributed by atoms with van der Waals surface area (Å²) in [5, 5.41) is 0. The van der Waals surface area contributed by atoms with Gasteiger partial charge in [-0.25, -0.2) is 0 Å². The van der Waals surface area contributed by atoms with Crippen LogP contribution in [0.4, 0.5) is 0 Å². The minimum absolute atomic E-state index is 0.332. The highest BCUT2D eigenvalue weighted by Gasteiger charge is 2.45. The molecule has 1 saturated carbocycles. The number of likely N-dealkylation sites (N-methyl/N-ethyl adjacent to an activating group) is 1. The number of allylic oxidation sites excluding steroid dienone is 1. The molecular weight excluding hydrogens is 138 g/mol. The standard InChI is InChI=1S/C9H17NO/c1-8(2)11-7-9(5-6-9)10(3)4/h1,5-7H2,2-4H3. The summed E-state index contributed by atoms with van der Waals surface area (Å²) in [6.45, 7) is 6.40. The van der Waals surface area contributed by atoms with Crippen molar-refractivity contribution in [2.75, 3.05) is 20.7 Å². The molecule has 0 bridgehead atoms. The Kier molecular flexibility index (Phi) is 2.23. The van der Waals surface area contributed by atoms with E-state index < -0.39 is 0 Å². The molecule has 2 nitrogen and oxygen atoms in total. The highest BCUT2D eigenvalue weighted by Crippen LogP contribution is 2.40. The van der Waals surface area contributed by atoms with Crippen LogP contribution in [0, 0.1) is 0 Å². The van der Waals surface area contributed by atoms with E-state index in [1.165, 1.54) is 12.8 Å². The second kappa shape index (κ2) is 2.86. The third-order valence-electron chi connectivity index (χ3n) is 2.36. The van der Waals surface area contributed by atoms with Gasteiger partial charge < -0.3 is 9.64 Å². The zero-order valence-corrected chi connectivity index (χ0v) is 7.68. The molecule has 11 heavy (non-hydrogen) atoms. The van der Waals surface area contributed by atoms with E-state index in [2.05, 4.69) is 25.6 Å². The summed E-state index contributed by atoms with van der Waals surface area (Å²) < 4.78 is 5.39. The number of rotatable bonds is 4. The van der Waals surface area contributed by atoms with Crippen molar-refractivity contribution in [3.05, 3.63) is 12.3 Å². The molecule has 1 aliphatic rings. The SMILES string of the molecule is C=C(C)OCC1(N(C)C)CC1. The average molecular weight is 155 g/mol. The molecule has 0 heterocycles. The Hall–Kier alpha value is -0.500. The van der Waals surface area contributed by atoms with Crippen molar-refractivity contribution >= 4 is 0 Å². The molecule has 0 spiro atoms. The van der Waals surface area contributed by atoms with E-state index >= 15 is 0 Å². The molecule has 0 N–H and O–H groups in total. The van der Waals surface area contributed by atoms with Gasteiger partial charge in [-0.2, -0.15) is 0 Å². The van der Waals surface area contributed by atoms with Crippen molar-refractivity contribution in [3.8, 4) is 0 Å². The van der Waals surface area contributed by atoms with Gasteiger partial charge >= 0.3 is 0 Å². The van der Waals surface area contributed by atoms with Crippen molar-refractivity contribution < 1.29 is 4.74 Å². The number of hydrogen-bond donors (Lipinski definition) is 0. The van der Waals surface area contributed by atoms with E-state index in [0.717, 1.165) is 12.4 Å². The molecule has 2 heteroatoms. The van der Waals surface area contributed by atoms with Gasteiger partial charge in [-0.3, -0.25) is 0 Å². The molecule has 0 unspecified atom stereocenters. The third-order valence-corrected chi connectivity index (χ3v) is 2.36. The largest absolute Gasteiger partial charge is 0.497 e. The molecular formula is C9H17NO. The van der Waals surface area contributed by atoms with Gasteiger partial charge in [0.25, 0.3) is 0 Å². The van der Waals surface area contributed by atoms with Gasteiger partial charge in [-0.05, 0) is 33.9 Å². The van der Waals surface area contributed by atoms with Crippen LogP contribution in [0.25, 0.3) is 0 Å². The predicted octanol–water partition coefficient (Wildman–Crippen LogP) is 1.63. The van der Waals surface area contributed by atoms with Crippen molar-refractivity contribution in [2.24, 2.45) is 0 Å². The maximum Gasteiger partial charge on any atom is 0.106 e. The number of hydrogen-bond acceptors (Lipinski definition) is 2. The van der Waals surface area contributed by atoms with Crippen molar-refractivity contribution in [2.45, 2.75) is 25.3 Å². The first-order valence-corrected chi connectivity index (χ1v) is 4.03. The minimum atomic E-state index is 0.332. The summed E-state index contributed by atoms with van der Waals surface area (Å²) in [6, 6.07) is 0. The molecule has 0 radical (unpaired) electrons. The van der Waals surface area contributed by atoms with Gasteiger partial charge in [0.05, 0.1) is 11.3 Å². The van der Waals surface area contributed by atoms with E-state index in [0.29, 0.717) is 5.54 Å². The Morgan fingerprint density at radius 3 is 2.36 bits per heavy atom. The zero-order chi connectivity index (χ0) is 8.48. The Morgan fingerprint density at radius 2 is 2.09 bits per heavy atom. The molecule has 1 rings (SSSR count). The Labute approximate surface area is 68.8 Å². The lowest BCUT2D eigenvalue weighted by atomic mass is 10.3. The fourth-order valence-corrected chi connectivity index (χ4v) is 1.12. The normalized spacial score (nSPS) is 20.0. The second-order valence-corrected chi connectivity index (χ2v) is 3.61. The Morgan fingerprint density at radius 1 is 1.55 bits per heavy atom. The molecule has 0 saturated heterocycles. The molecule has 0 amide bonds. The lowest BCUT2D eigenvalue weighted by molar-refractivity contribution is 0.117. The maximum absolute atomic E-state index is 5.39. The first-order chi connectivity index (χ1) is 5.07. The minimum Gasteiger partial charge on any atom is -0.497 e. The summed E-state index contributed by atoms with van der Waals surface area (Å²) in [7, 11) is 4.21. The maximum atomic E-state index is 5.39. The second-order valence-electron chi connectivity index (χ2n) is 3.61. The third kappa shape index (κ3) is 1.96. The van der Waals surface area contributed by atoms with E-state index in [-0.39, 0.29) is 0 Å². The molecule has 0 aliphatic heterocycles. The molecule has 64 valence electrons. The van der Waals surface area contributed by atoms with Crippen molar-refractivity contribution in [1.29, 1.82) is 0 Å². The molecule has 1 aliphatic carbocycles. The van der Waals surface area contributed by atoms with Crippen LogP contribution in [0.3, 0.4) is 0 Å². The van der Waals surface area contributed by atoms with Crippen LogP contribution in [-0.2, 0) is 4.74 Å². The van der Waals surface area contributed by atoms with E-state index in [9.17, 15) is 0 Å². The van der Waals surface area contributed by atoms with Crippen molar-refractivity contribution in [1.82, 2.24) is 4.90 Å². The average Bonchev–Trinajstić information content (AvgIpc) is 2.63. The first kappa shape index (κ1) is 8.60. The van der Waals surface area contributed by atoms with Gasteiger partial charge in [0.2, 0.25) is 0 Å². The molecule has 0 atom stereocenters. The van der Waals surface area contributed by atoms with Gasteiger partial charge in [0, 0.05) is 0 Å². The summed E-state index contributed by atoms with van der Waals surface area (Å²) in [5.74, 6) is 0.818. The van der Waals surface area contributed by atoms with Gasteiger partial charge in [0.1, 0.15) is 6.61 Å². The van der Waals surface area contributed by atoms with E-state index in [1.54, 1.807) is 0 Å². The predicted molar refractivity (Wildman–Crippen MR) is 46.4 cm³/mol. The van der Waals surface area contributed by atoms with E-state index in [1.807, 2.05) is 6.92 Å². The Balaban J connectivity index is 2.30. The summed E-state index contributed by atoms with van der Waals surface area (Å²) in [4.78, 5) is 2.25. The lowest BCUT2D eigenvalue weighted by Gasteiger charge is -2.23. The van der Waals surface area contributed by atoms with Crippen molar-refractivity contribution in [3.63, 3.8) is 0 Å². The quantitative estimate of drug-likeness (QED) is 0.572. The monoisotopic (exact) mass is 155 g/mol. The molecule has 1 fully saturated rings. The lowest BCUT2D eigenvalue weighted by Crippen LogP contribution is -2.34. The van der Waals surface area contributed by atoms with Crippen LogP contribution in [0.2, 0.25) is 0 Å². The fraction of sp³-hybridized carbons (Fsp3) is 0.778. The van der Waals surface area contributed by atoms with Crippen LogP contribution >= 0.6 is 0 Å². The number of ether oxygens (including phenoxy) is 1. The van der Waals surface area contributed by atoms with Crippen LogP contribution in [0.1, 0.15) is 19.8 Å². The number of nitrogens with zero attached hydrogens (tertiary/aromatic N) is 1. The molecule has 0 aromatic carbocycles. The summed E-state index contributed by atoms with van der Waals surface area (Å²) >= 11 is 0. The smallest absolute Gasteiger partial charge is 0.106 e. The van der Waals surface area contributed by atoms with Crippen LogP contribution in [0.15, 0.2) is 12.3 Å². The van der Waals surface area contributed by atoms with Gasteiger partial charge in [0.15, 0.2) is 0 Å². The highest BCUT2D eigenvalue weighted by molar-refractivity contribution is 5.02. The van der Waals surface area contributed by atoms with Gasteiger partial charge in [-0.15, -0.1) is 0 Å². The van der Waals surface area contributed by atoms with Crippen LogP contribution in [-0.4, -0.2) is 31.1 Å². The zero-order valence-electron chi connectivity index (χ0n) is 7.68. The first-order valence-electron chi connectivity index (χ1n) is 4.03. The van der Waals surface area contributed by atoms with Gasteiger partial charge in [-0.1, -0.05) is 6.58 Å². The highest BCUT2D eigenvalue weighted by atomic mass is 16.5. The van der Waals surface area contributed by atoms with Crippen LogP contribution in [0.5, 0.6) is 0 Å². The Bertz CT molecular complexity index is 159. The van der Waals surface area contributed by atoms with Crippen LogP contribution < -0.4 is 0 Å². The fourth-order valence-electron chi connectivity index (χ4n) is 1.12. The molecule has 0 aromatic heterocycles. The summed E-state index contributed by atoms with van der Waals surface area (Å²) in [5.41, 5.74) is 0.332. The summed E-state index contributed by atoms with van der Waals surface area (Å²) in [6.07, 6.45) is 2.51. The van der Waals surface area contributed by atoms with E-state index in [4.69, 9.17) is 4.74 Å².